The number of nitrogens with one attached hydrogen (secondary N) is 1. The molecule has 0 aliphatic heterocycles. The fraction of sp³-hybridized carbons (Fsp3) is 0.286. The zero-order valence-corrected chi connectivity index (χ0v) is 15.3. The molecule has 0 radical (unpaired) electrons. The SMILES string of the molecule is CC(C)Cc1ccc(C(C)NC(=O)c2cc(-c3ccncc3)on2)cc1. The van der Waals surface area contributed by atoms with Gasteiger partial charge in [0.2, 0.25) is 0 Å². The van der Waals surface area contributed by atoms with Crippen LogP contribution in [0.2, 0.25) is 0 Å². The molecule has 5 nitrogen and oxygen atoms in total. The Hall–Kier alpha value is -2.95. The van der Waals surface area contributed by atoms with Gasteiger partial charge in [-0.1, -0.05) is 43.3 Å². The van der Waals surface area contributed by atoms with E-state index in [1.807, 2.05) is 19.1 Å². The number of hydrogen-bond donors (Lipinski definition) is 1. The first-order valence-electron chi connectivity index (χ1n) is 8.79. The maximum absolute atomic E-state index is 12.4. The molecule has 1 N–H and O–H groups in total. The quantitative estimate of drug-likeness (QED) is 0.715. The lowest BCUT2D eigenvalue weighted by atomic mass is 10.00. The predicted octanol–water partition coefficient (Wildman–Crippen LogP) is 4.43. The van der Waals surface area contributed by atoms with Crippen LogP contribution in [0.4, 0.5) is 0 Å². The Morgan fingerprint density at radius 2 is 1.77 bits per heavy atom. The summed E-state index contributed by atoms with van der Waals surface area (Å²) in [6, 6.07) is 13.5. The van der Waals surface area contributed by atoms with Crippen molar-refractivity contribution in [1.29, 1.82) is 0 Å². The first-order chi connectivity index (χ1) is 12.5. The number of carbonyl (C=O) groups excluding carboxylic acids is 1. The molecule has 0 spiro atoms. The molecule has 0 saturated heterocycles. The van der Waals surface area contributed by atoms with Gasteiger partial charge in [-0.15, -0.1) is 0 Å². The first kappa shape index (κ1) is 17.9. The van der Waals surface area contributed by atoms with E-state index in [-0.39, 0.29) is 17.6 Å². The molecule has 0 bridgehead atoms. The lowest BCUT2D eigenvalue weighted by Gasteiger charge is -2.14. The highest BCUT2D eigenvalue weighted by Crippen LogP contribution is 2.20. The number of amides is 1. The summed E-state index contributed by atoms with van der Waals surface area (Å²) in [5.74, 6) is 0.913. The summed E-state index contributed by atoms with van der Waals surface area (Å²) in [5.41, 5.74) is 3.46. The number of nitrogens with zero attached hydrogens (tertiary/aromatic N) is 2. The van der Waals surface area contributed by atoms with Crippen LogP contribution < -0.4 is 5.32 Å². The van der Waals surface area contributed by atoms with Crippen molar-refractivity contribution in [3.8, 4) is 11.3 Å². The van der Waals surface area contributed by atoms with E-state index >= 15 is 0 Å². The van der Waals surface area contributed by atoms with Crippen LogP contribution in [0.1, 0.15) is 48.4 Å². The lowest BCUT2D eigenvalue weighted by molar-refractivity contribution is 0.0931. The Balaban J connectivity index is 1.65. The second kappa shape index (κ2) is 7.95. The summed E-state index contributed by atoms with van der Waals surface area (Å²) in [4.78, 5) is 16.4. The smallest absolute Gasteiger partial charge is 0.273 e. The van der Waals surface area contributed by atoms with Gasteiger partial charge in [-0.3, -0.25) is 9.78 Å². The van der Waals surface area contributed by atoms with E-state index < -0.39 is 0 Å². The standard InChI is InChI=1S/C21H23N3O2/c1-14(2)12-16-4-6-17(7-5-16)15(3)23-21(25)19-13-20(26-24-19)18-8-10-22-11-9-18/h4-11,13-15H,12H2,1-3H3,(H,23,25). The molecule has 1 atom stereocenters. The van der Waals surface area contributed by atoms with Gasteiger partial charge in [0.1, 0.15) is 0 Å². The van der Waals surface area contributed by atoms with E-state index in [9.17, 15) is 4.79 Å². The van der Waals surface area contributed by atoms with Gasteiger partial charge in [0.15, 0.2) is 11.5 Å². The zero-order chi connectivity index (χ0) is 18.5. The van der Waals surface area contributed by atoms with E-state index in [1.165, 1.54) is 5.56 Å². The van der Waals surface area contributed by atoms with E-state index in [2.05, 4.69) is 53.6 Å². The van der Waals surface area contributed by atoms with E-state index in [0.29, 0.717) is 11.7 Å². The number of carbonyl (C=O) groups is 1. The molecular weight excluding hydrogens is 326 g/mol. The minimum atomic E-state index is -0.257. The Bertz CT molecular complexity index is 854. The molecule has 2 heterocycles. The molecule has 134 valence electrons. The largest absolute Gasteiger partial charge is 0.355 e. The fourth-order valence-corrected chi connectivity index (χ4v) is 2.80. The monoisotopic (exact) mass is 349 g/mol. The highest BCUT2D eigenvalue weighted by Gasteiger charge is 2.16. The van der Waals surface area contributed by atoms with Crippen molar-refractivity contribution in [1.82, 2.24) is 15.5 Å². The molecule has 26 heavy (non-hydrogen) atoms. The lowest BCUT2D eigenvalue weighted by Crippen LogP contribution is -2.26. The van der Waals surface area contributed by atoms with Crippen molar-refractivity contribution < 1.29 is 9.32 Å². The molecule has 0 fully saturated rings. The summed E-state index contributed by atoms with van der Waals surface area (Å²) in [5, 5.41) is 6.84. The van der Waals surface area contributed by atoms with Crippen LogP contribution in [0, 0.1) is 5.92 Å². The van der Waals surface area contributed by atoms with Gasteiger partial charge in [-0.05, 0) is 42.5 Å². The van der Waals surface area contributed by atoms with Gasteiger partial charge < -0.3 is 9.84 Å². The Morgan fingerprint density at radius 1 is 1.08 bits per heavy atom. The molecule has 5 heteroatoms. The molecule has 2 aromatic heterocycles. The number of rotatable bonds is 6. The molecule has 0 saturated carbocycles. The van der Waals surface area contributed by atoms with Crippen molar-refractivity contribution in [2.24, 2.45) is 5.92 Å². The number of aromatic nitrogens is 2. The van der Waals surface area contributed by atoms with Crippen LogP contribution in [0.5, 0.6) is 0 Å². The van der Waals surface area contributed by atoms with Crippen LogP contribution in [0.3, 0.4) is 0 Å². The maximum Gasteiger partial charge on any atom is 0.273 e. The van der Waals surface area contributed by atoms with Crippen LogP contribution in [0.25, 0.3) is 11.3 Å². The first-order valence-corrected chi connectivity index (χ1v) is 8.79. The van der Waals surface area contributed by atoms with Gasteiger partial charge in [-0.25, -0.2) is 0 Å². The second-order valence-corrected chi connectivity index (χ2v) is 6.85. The Morgan fingerprint density at radius 3 is 2.42 bits per heavy atom. The fourth-order valence-electron chi connectivity index (χ4n) is 2.80. The van der Waals surface area contributed by atoms with Gasteiger partial charge in [-0.2, -0.15) is 0 Å². The highest BCUT2D eigenvalue weighted by atomic mass is 16.5. The van der Waals surface area contributed by atoms with Gasteiger partial charge in [0.25, 0.3) is 5.91 Å². The highest BCUT2D eigenvalue weighted by molar-refractivity contribution is 5.93. The van der Waals surface area contributed by atoms with E-state index in [0.717, 1.165) is 17.5 Å². The van der Waals surface area contributed by atoms with Crippen molar-refractivity contribution in [3.05, 3.63) is 71.7 Å². The molecule has 1 aromatic carbocycles. The summed E-state index contributed by atoms with van der Waals surface area (Å²) < 4.78 is 5.27. The molecular formula is C21H23N3O2. The number of pyridine rings is 1. The molecule has 3 rings (SSSR count). The summed E-state index contributed by atoms with van der Waals surface area (Å²) in [6.45, 7) is 6.36. The maximum atomic E-state index is 12.4. The van der Waals surface area contributed by atoms with Crippen molar-refractivity contribution >= 4 is 5.91 Å². The van der Waals surface area contributed by atoms with Crippen LogP contribution in [-0.2, 0) is 6.42 Å². The third kappa shape index (κ3) is 4.36. The average molecular weight is 349 g/mol. The van der Waals surface area contributed by atoms with Gasteiger partial charge in [0.05, 0.1) is 6.04 Å². The summed E-state index contributed by atoms with van der Waals surface area (Å²) in [7, 11) is 0. The second-order valence-electron chi connectivity index (χ2n) is 6.85. The van der Waals surface area contributed by atoms with Crippen LogP contribution in [-0.4, -0.2) is 16.0 Å². The predicted molar refractivity (Wildman–Crippen MR) is 101 cm³/mol. The third-order valence-corrected chi connectivity index (χ3v) is 4.18. The minimum absolute atomic E-state index is 0.114. The summed E-state index contributed by atoms with van der Waals surface area (Å²) >= 11 is 0. The van der Waals surface area contributed by atoms with Crippen LogP contribution >= 0.6 is 0 Å². The van der Waals surface area contributed by atoms with Crippen molar-refractivity contribution in [2.75, 3.05) is 0 Å². The summed E-state index contributed by atoms with van der Waals surface area (Å²) in [6.07, 6.45) is 4.39. The molecule has 1 amide bonds. The minimum Gasteiger partial charge on any atom is -0.355 e. The van der Waals surface area contributed by atoms with E-state index in [4.69, 9.17) is 4.52 Å². The molecule has 0 aliphatic carbocycles. The van der Waals surface area contributed by atoms with E-state index in [1.54, 1.807) is 18.5 Å². The Labute approximate surface area is 153 Å². The normalized spacial score (nSPS) is 12.2. The third-order valence-electron chi connectivity index (χ3n) is 4.18. The molecule has 0 aliphatic rings. The topological polar surface area (TPSA) is 68.0 Å². The number of hydrogen-bond acceptors (Lipinski definition) is 4. The number of benzene rings is 1. The molecule has 1 unspecified atom stereocenters. The Kier molecular flexibility index (Phi) is 5.46. The van der Waals surface area contributed by atoms with Gasteiger partial charge >= 0.3 is 0 Å². The van der Waals surface area contributed by atoms with Gasteiger partial charge in [0, 0.05) is 24.0 Å². The van der Waals surface area contributed by atoms with Crippen LogP contribution in [0.15, 0.2) is 59.4 Å². The average Bonchev–Trinajstić information content (AvgIpc) is 3.13. The molecule has 3 aromatic rings. The van der Waals surface area contributed by atoms with Crippen molar-refractivity contribution in [2.45, 2.75) is 33.2 Å². The zero-order valence-electron chi connectivity index (χ0n) is 15.3. The van der Waals surface area contributed by atoms with Crippen molar-refractivity contribution in [3.63, 3.8) is 0 Å².